The first-order chi connectivity index (χ1) is 16.4. The van der Waals surface area contributed by atoms with E-state index in [1.54, 1.807) is 61.2 Å². The third-order valence-electron chi connectivity index (χ3n) is 5.76. The van der Waals surface area contributed by atoms with Gasteiger partial charge in [-0.1, -0.05) is 0 Å². The Labute approximate surface area is 195 Å². The van der Waals surface area contributed by atoms with E-state index in [9.17, 15) is 13.2 Å². The lowest BCUT2D eigenvalue weighted by Crippen LogP contribution is -2.40. The summed E-state index contributed by atoms with van der Waals surface area (Å²) >= 11 is 0. The number of methoxy groups -OCH3 is 1. The van der Waals surface area contributed by atoms with E-state index in [4.69, 9.17) is 9.47 Å². The van der Waals surface area contributed by atoms with Gasteiger partial charge in [0.25, 0.3) is 11.9 Å². The lowest BCUT2D eigenvalue weighted by Gasteiger charge is -2.26. The average Bonchev–Trinajstić information content (AvgIpc) is 3.15. The lowest BCUT2D eigenvalue weighted by atomic mass is 10.2. The van der Waals surface area contributed by atoms with Crippen molar-refractivity contribution in [2.45, 2.75) is 4.90 Å². The van der Waals surface area contributed by atoms with Gasteiger partial charge in [-0.2, -0.15) is 9.29 Å². The molecule has 1 aliphatic rings. The van der Waals surface area contributed by atoms with Crippen molar-refractivity contribution in [2.24, 2.45) is 7.05 Å². The Bertz CT molecular complexity index is 1490. The Hall–Kier alpha value is -3.61. The number of carbonyl (C=O) groups excluding carboxylic acids is 1. The normalized spacial score (nSPS) is 15.0. The van der Waals surface area contributed by atoms with Crippen molar-refractivity contribution >= 4 is 43.9 Å². The zero-order valence-corrected chi connectivity index (χ0v) is 19.4. The van der Waals surface area contributed by atoms with Crippen molar-refractivity contribution in [3.63, 3.8) is 0 Å². The molecule has 1 saturated heterocycles. The molecule has 0 saturated carbocycles. The maximum absolute atomic E-state index is 13.1. The van der Waals surface area contributed by atoms with Gasteiger partial charge in [0.2, 0.25) is 10.0 Å². The number of sulfonamides is 1. The molecular weight excluding hydrogens is 460 g/mol. The SMILES string of the molecule is COc1ccc(C(=O)Nc2nnc3c4cc(S(=O)(=O)N5CCOCC5)ccc4n(C)c3n2)cc1. The molecule has 0 unspecified atom stereocenters. The van der Waals surface area contributed by atoms with Crippen molar-refractivity contribution < 1.29 is 22.7 Å². The van der Waals surface area contributed by atoms with Crippen LogP contribution in [0.2, 0.25) is 0 Å². The summed E-state index contributed by atoms with van der Waals surface area (Å²) in [6.45, 7) is 1.37. The van der Waals surface area contributed by atoms with Gasteiger partial charge in [-0.25, -0.2) is 8.42 Å². The fourth-order valence-electron chi connectivity index (χ4n) is 3.90. The molecule has 0 bridgehead atoms. The van der Waals surface area contributed by atoms with Crippen molar-refractivity contribution in [1.29, 1.82) is 0 Å². The number of fused-ring (bicyclic) bond motifs is 3. The Morgan fingerprint density at radius 3 is 2.53 bits per heavy atom. The minimum absolute atomic E-state index is 0.0420. The van der Waals surface area contributed by atoms with Crippen LogP contribution >= 0.6 is 0 Å². The highest BCUT2D eigenvalue weighted by Gasteiger charge is 2.27. The third-order valence-corrected chi connectivity index (χ3v) is 7.65. The molecular formula is C22H22N6O5S. The third kappa shape index (κ3) is 3.85. The van der Waals surface area contributed by atoms with Crippen LogP contribution in [0, 0.1) is 0 Å². The van der Waals surface area contributed by atoms with E-state index in [-0.39, 0.29) is 16.8 Å². The average molecular weight is 483 g/mol. The number of ether oxygens (including phenoxy) is 2. The number of amides is 1. The fourth-order valence-corrected chi connectivity index (χ4v) is 5.34. The highest BCUT2D eigenvalue weighted by molar-refractivity contribution is 7.89. The molecule has 2 aromatic heterocycles. The van der Waals surface area contributed by atoms with Gasteiger partial charge in [0.1, 0.15) is 11.3 Å². The van der Waals surface area contributed by atoms with Crippen LogP contribution in [0.4, 0.5) is 5.95 Å². The summed E-state index contributed by atoms with van der Waals surface area (Å²) in [4.78, 5) is 17.2. The molecule has 0 radical (unpaired) electrons. The zero-order valence-electron chi connectivity index (χ0n) is 18.6. The number of morpholine rings is 1. The number of benzene rings is 2. The van der Waals surface area contributed by atoms with Gasteiger partial charge in [0, 0.05) is 31.1 Å². The van der Waals surface area contributed by atoms with Crippen LogP contribution < -0.4 is 10.1 Å². The quantitative estimate of drug-likeness (QED) is 0.456. The molecule has 12 heteroatoms. The maximum atomic E-state index is 13.1. The summed E-state index contributed by atoms with van der Waals surface area (Å²) in [6.07, 6.45) is 0. The number of aryl methyl sites for hydroxylation is 1. The van der Waals surface area contributed by atoms with Gasteiger partial charge >= 0.3 is 0 Å². The number of aromatic nitrogens is 4. The number of nitrogens with zero attached hydrogens (tertiary/aromatic N) is 5. The van der Waals surface area contributed by atoms with Gasteiger partial charge < -0.3 is 14.0 Å². The molecule has 0 aliphatic carbocycles. The molecule has 1 N–H and O–H groups in total. The predicted molar refractivity (Wildman–Crippen MR) is 124 cm³/mol. The fraction of sp³-hybridized carbons (Fsp3) is 0.273. The van der Waals surface area contributed by atoms with E-state index in [1.807, 2.05) is 0 Å². The van der Waals surface area contributed by atoms with E-state index < -0.39 is 10.0 Å². The summed E-state index contributed by atoms with van der Waals surface area (Å²) in [5, 5.41) is 11.5. The summed E-state index contributed by atoms with van der Waals surface area (Å²) in [5.41, 5.74) is 2.07. The van der Waals surface area contributed by atoms with Gasteiger partial charge in [0.05, 0.1) is 30.7 Å². The second-order valence-corrected chi connectivity index (χ2v) is 9.68. The second-order valence-electron chi connectivity index (χ2n) is 7.74. The van der Waals surface area contributed by atoms with Crippen LogP contribution in [-0.2, 0) is 21.8 Å². The molecule has 5 rings (SSSR count). The van der Waals surface area contributed by atoms with Gasteiger partial charge in [-0.05, 0) is 42.5 Å². The van der Waals surface area contributed by atoms with Gasteiger partial charge in [0.15, 0.2) is 5.65 Å². The molecule has 0 atom stereocenters. The number of anilines is 1. The largest absolute Gasteiger partial charge is 0.497 e. The maximum Gasteiger partial charge on any atom is 0.258 e. The van der Waals surface area contributed by atoms with E-state index in [2.05, 4.69) is 20.5 Å². The molecule has 2 aromatic carbocycles. The van der Waals surface area contributed by atoms with Gasteiger partial charge in [-0.3, -0.25) is 10.1 Å². The summed E-state index contributed by atoms with van der Waals surface area (Å²) < 4.78 is 39.7. The standard InChI is InChI=1S/C22H22N6O5S/c1-27-18-8-7-16(34(30,31)28-9-11-33-12-10-28)13-17(18)19-20(27)23-22(26-25-19)24-21(29)14-3-5-15(32-2)6-4-14/h3-8,13H,9-12H2,1-2H3,(H,23,24,26,29). The molecule has 34 heavy (non-hydrogen) atoms. The van der Waals surface area contributed by atoms with Crippen molar-refractivity contribution in [1.82, 2.24) is 24.1 Å². The molecule has 176 valence electrons. The zero-order chi connectivity index (χ0) is 23.9. The number of nitrogens with one attached hydrogen (secondary N) is 1. The number of hydrogen-bond donors (Lipinski definition) is 1. The summed E-state index contributed by atoms with van der Waals surface area (Å²) in [7, 11) is -0.317. The van der Waals surface area contributed by atoms with Crippen molar-refractivity contribution in [3.05, 3.63) is 48.0 Å². The predicted octanol–water partition coefficient (Wildman–Crippen LogP) is 1.80. The highest BCUT2D eigenvalue weighted by atomic mass is 32.2. The Morgan fingerprint density at radius 2 is 1.82 bits per heavy atom. The number of hydrogen-bond acceptors (Lipinski definition) is 8. The van der Waals surface area contributed by atoms with Crippen LogP contribution in [0.15, 0.2) is 47.4 Å². The number of carbonyl (C=O) groups is 1. The Kier molecular flexibility index (Phi) is 5.63. The highest BCUT2D eigenvalue weighted by Crippen LogP contribution is 2.29. The second kappa shape index (κ2) is 8.63. The van der Waals surface area contributed by atoms with Crippen LogP contribution in [0.1, 0.15) is 10.4 Å². The van der Waals surface area contributed by atoms with Gasteiger partial charge in [-0.15, -0.1) is 10.2 Å². The smallest absolute Gasteiger partial charge is 0.258 e. The molecule has 1 fully saturated rings. The van der Waals surface area contributed by atoms with Crippen LogP contribution in [-0.4, -0.2) is 71.8 Å². The van der Waals surface area contributed by atoms with Crippen LogP contribution in [0.25, 0.3) is 22.1 Å². The Morgan fingerprint density at radius 1 is 1.09 bits per heavy atom. The molecule has 1 aliphatic heterocycles. The van der Waals surface area contributed by atoms with Crippen LogP contribution in [0.3, 0.4) is 0 Å². The first kappa shape index (κ1) is 22.2. The molecule has 1 amide bonds. The van der Waals surface area contributed by atoms with E-state index >= 15 is 0 Å². The van der Waals surface area contributed by atoms with E-state index in [0.717, 1.165) is 5.52 Å². The minimum Gasteiger partial charge on any atom is -0.497 e. The van der Waals surface area contributed by atoms with Crippen molar-refractivity contribution in [3.8, 4) is 5.75 Å². The van der Waals surface area contributed by atoms with E-state index in [0.29, 0.717) is 54.2 Å². The molecule has 11 nitrogen and oxygen atoms in total. The monoisotopic (exact) mass is 482 g/mol. The summed E-state index contributed by atoms with van der Waals surface area (Å²) in [5.74, 6) is 0.295. The first-order valence-corrected chi connectivity index (χ1v) is 12.0. The number of rotatable bonds is 5. The lowest BCUT2D eigenvalue weighted by molar-refractivity contribution is 0.0730. The van der Waals surface area contributed by atoms with E-state index in [1.165, 1.54) is 4.31 Å². The molecule has 0 spiro atoms. The summed E-state index contributed by atoms with van der Waals surface area (Å²) in [6, 6.07) is 11.5. The first-order valence-electron chi connectivity index (χ1n) is 10.5. The topological polar surface area (TPSA) is 129 Å². The van der Waals surface area contributed by atoms with Crippen LogP contribution in [0.5, 0.6) is 5.75 Å². The minimum atomic E-state index is -3.66. The Balaban J connectivity index is 1.48. The van der Waals surface area contributed by atoms with Crippen molar-refractivity contribution in [2.75, 3.05) is 38.7 Å². The molecule has 4 aromatic rings. The molecule has 3 heterocycles.